The van der Waals surface area contributed by atoms with Crippen molar-refractivity contribution in [2.75, 3.05) is 17.5 Å². The van der Waals surface area contributed by atoms with Crippen LogP contribution in [0.4, 0.5) is 5.69 Å². The molecule has 3 aromatic rings. The van der Waals surface area contributed by atoms with Gasteiger partial charge in [-0.1, -0.05) is 29.8 Å². The van der Waals surface area contributed by atoms with E-state index in [-0.39, 0.29) is 24.1 Å². The van der Waals surface area contributed by atoms with Crippen LogP contribution < -0.4 is 19.1 Å². The highest BCUT2D eigenvalue weighted by atomic mass is 32.2. The van der Waals surface area contributed by atoms with Crippen molar-refractivity contribution in [1.29, 1.82) is 0 Å². The molecule has 0 aliphatic carbocycles. The Hall–Kier alpha value is -3.52. The van der Waals surface area contributed by atoms with Gasteiger partial charge in [0.1, 0.15) is 18.0 Å². The Bertz CT molecular complexity index is 1220. The summed E-state index contributed by atoms with van der Waals surface area (Å²) in [4.78, 5) is 13.0. The zero-order valence-electron chi connectivity index (χ0n) is 20.5. The van der Waals surface area contributed by atoms with Crippen molar-refractivity contribution in [1.82, 2.24) is 5.32 Å². The van der Waals surface area contributed by atoms with Crippen LogP contribution in [-0.4, -0.2) is 33.6 Å². The Morgan fingerprint density at radius 2 is 1.66 bits per heavy atom. The van der Waals surface area contributed by atoms with Gasteiger partial charge in [0.25, 0.3) is 10.0 Å². The van der Waals surface area contributed by atoms with E-state index in [1.807, 2.05) is 64.1 Å². The average molecular weight is 497 g/mol. The van der Waals surface area contributed by atoms with Crippen molar-refractivity contribution in [2.45, 2.75) is 45.2 Å². The van der Waals surface area contributed by atoms with Gasteiger partial charge in [-0.25, -0.2) is 8.42 Å². The molecule has 0 aliphatic heterocycles. The van der Waals surface area contributed by atoms with E-state index in [0.717, 1.165) is 15.4 Å². The van der Waals surface area contributed by atoms with E-state index >= 15 is 0 Å². The first kappa shape index (κ1) is 26.1. The number of hydrogen-bond acceptors (Lipinski definition) is 5. The molecule has 0 unspecified atom stereocenters. The number of amides is 1. The lowest BCUT2D eigenvalue weighted by Crippen LogP contribution is -2.40. The summed E-state index contributed by atoms with van der Waals surface area (Å²) in [7, 11) is -4.00. The molecule has 7 nitrogen and oxygen atoms in total. The predicted molar refractivity (Wildman–Crippen MR) is 137 cm³/mol. The fraction of sp³-hybridized carbons (Fsp3) is 0.296. The minimum Gasteiger partial charge on any atom is -0.494 e. The lowest BCUT2D eigenvalue weighted by Gasteiger charge is -2.24. The molecule has 0 saturated heterocycles. The zero-order chi connectivity index (χ0) is 25.4. The molecule has 3 aromatic carbocycles. The van der Waals surface area contributed by atoms with Gasteiger partial charge in [0, 0.05) is 6.54 Å². The molecule has 0 heterocycles. The molecule has 8 heteroatoms. The van der Waals surface area contributed by atoms with Crippen molar-refractivity contribution >= 4 is 21.6 Å². The van der Waals surface area contributed by atoms with Crippen LogP contribution in [0, 0.1) is 6.92 Å². The van der Waals surface area contributed by atoms with Crippen LogP contribution in [0.2, 0.25) is 0 Å². The quantitative estimate of drug-likeness (QED) is 0.416. The molecule has 1 amide bonds. The molecule has 0 bridgehead atoms. The first-order valence-corrected chi connectivity index (χ1v) is 13.0. The van der Waals surface area contributed by atoms with Gasteiger partial charge in [0.15, 0.2) is 0 Å². The Balaban J connectivity index is 1.80. The third kappa shape index (κ3) is 7.23. The summed E-state index contributed by atoms with van der Waals surface area (Å²) in [6.07, 6.45) is 0.0377. The Morgan fingerprint density at radius 3 is 2.29 bits per heavy atom. The van der Waals surface area contributed by atoms with Crippen LogP contribution in [0.25, 0.3) is 0 Å². The number of rotatable bonds is 11. The van der Waals surface area contributed by atoms with Gasteiger partial charge in [0.05, 0.1) is 23.3 Å². The number of carbonyl (C=O) groups is 1. The van der Waals surface area contributed by atoms with E-state index < -0.39 is 15.9 Å². The number of nitrogens with one attached hydrogen (secondary N) is 1. The van der Waals surface area contributed by atoms with Gasteiger partial charge in [-0.15, -0.1) is 0 Å². The van der Waals surface area contributed by atoms with Crippen molar-refractivity contribution in [3.8, 4) is 11.5 Å². The maximum Gasteiger partial charge on any atom is 0.264 e. The van der Waals surface area contributed by atoms with E-state index in [1.165, 1.54) is 12.1 Å². The zero-order valence-corrected chi connectivity index (χ0v) is 21.3. The second-order valence-electron chi connectivity index (χ2n) is 8.34. The summed E-state index contributed by atoms with van der Waals surface area (Å²) < 4.78 is 39.3. The van der Waals surface area contributed by atoms with E-state index in [2.05, 4.69) is 5.32 Å². The molecule has 3 rings (SSSR count). The lowest BCUT2D eigenvalue weighted by molar-refractivity contribution is -0.119. The molecule has 35 heavy (non-hydrogen) atoms. The minimum absolute atomic E-state index is 0.0377. The summed E-state index contributed by atoms with van der Waals surface area (Å²) in [6.45, 7) is 8.03. The Kier molecular flexibility index (Phi) is 8.76. The molecule has 0 atom stereocenters. The fourth-order valence-electron chi connectivity index (χ4n) is 3.42. The molecule has 1 N–H and O–H groups in total. The molecular formula is C27H32N2O5S. The Morgan fingerprint density at radius 1 is 0.971 bits per heavy atom. The minimum atomic E-state index is -4.00. The number of nitrogens with zero attached hydrogens (tertiary/aromatic N) is 1. The highest BCUT2D eigenvalue weighted by Crippen LogP contribution is 2.25. The molecule has 0 saturated carbocycles. The maximum absolute atomic E-state index is 13.5. The molecule has 0 aromatic heterocycles. The molecule has 0 aliphatic rings. The van der Waals surface area contributed by atoms with Crippen molar-refractivity contribution in [2.24, 2.45) is 0 Å². The molecule has 0 radical (unpaired) electrons. The summed E-state index contributed by atoms with van der Waals surface area (Å²) in [6, 6.07) is 20.6. The van der Waals surface area contributed by atoms with Crippen LogP contribution in [0.3, 0.4) is 0 Å². The highest BCUT2D eigenvalue weighted by Gasteiger charge is 2.27. The summed E-state index contributed by atoms with van der Waals surface area (Å²) in [5.74, 6) is 0.871. The predicted octanol–water partition coefficient (Wildman–Crippen LogP) is 4.69. The monoisotopic (exact) mass is 496 g/mol. The highest BCUT2D eigenvalue weighted by molar-refractivity contribution is 7.92. The van der Waals surface area contributed by atoms with Gasteiger partial charge in [-0.3, -0.25) is 9.10 Å². The largest absolute Gasteiger partial charge is 0.494 e. The SMILES string of the molecule is CCOc1ccc(S(=O)(=O)N(CC(=O)NCc2cccc(OC(C)C)c2)c2ccc(C)cc2)cc1. The topological polar surface area (TPSA) is 84.9 Å². The second-order valence-corrected chi connectivity index (χ2v) is 10.2. The molecule has 0 fully saturated rings. The first-order chi connectivity index (χ1) is 16.7. The molecule has 0 spiro atoms. The van der Waals surface area contributed by atoms with Crippen molar-refractivity contribution in [3.05, 3.63) is 83.9 Å². The second kappa shape index (κ2) is 11.8. The van der Waals surface area contributed by atoms with E-state index in [1.54, 1.807) is 24.3 Å². The number of carbonyl (C=O) groups excluding carboxylic acids is 1. The van der Waals surface area contributed by atoms with Crippen molar-refractivity contribution < 1.29 is 22.7 Å². The third-order valence-corrected chi connectivity index (χ3v) is 6.88. The number of anilines is 1. The van der Waals surface area contributed by atoms with Gasteiger partial charge in [-0.2, -0.15) is 0 Å². The van der Waals surface area contributed by atoms with Gasteiger partial charge in [0.2, 0.25) is 5.91 Å². The number of hydrogen-bond donors (Lipinski definition) is 1. The third-order valence-electron chi connectivity index (χ3n) is 5.09. The smallest absolute Gasteiger partial charge is 0.264 e. The lowest BCUT2D eigenvalue weighted by atomic mass is 10.2. The summed E-state index contributed by atoms with van der Waals surface area (Å²) in [5, 5.41) is 2.82. The van der Waals surface area contributed by atoms with Crippen molar-refractivity contribution in [3.63, 3.8) is 0 Å². The maximum atomic E-state index is 13.5. The van der Waals surface area contributed by atoms with Gasteiger partial charge in [-0.05, 0) is 81.8 Å². The standard InChI is InChI=1S/C27H32N2O5S/c1-5-33-24-13-15-26(16-14-24)35(31,32)29(23-11-9-21(4)10-12-23)19-27(30)28-18-22-7-6-8-25(17-22)34-20(2)3/h6-17,20H,5,18-19H2,1-4H3,(H,28,30). The van der Waals surface area contributed by atoms with Gasteiger partial charge < -0.3 is 14.8 Å². The normalized spacial score (nSPS) is 11.2. The van der Waals surface area contributed by atoms with Gasteiger partial charge >= 0.3 is 0 Å². The van der Waals surface area contributed by atoms with Crippen LogP contribution in [0.1, 0.15) is 31.9 Å². The van der Waals surface area contributed by atoms with E-state index in [4.69, 9.17) is 9.47 Å². The number of aryl methyl sites for hydroxylation is 1. The number of ether oxygens (including phenoxy) is 2. The van der Waals surface area contributed by atoms with Crippen LogP contribution in [-0.2, 0) is 21.4 Å². The van der Waals surface area contributed by atoms with Crippen LogP contribution in [0.15, 0.2) is 77.7 Å². The average Bonchev–Trinajstić information content (AvgIpc) is 2.82. The van der Waals surface area contributed by atoms with E-state index in [9.17, 15) is 13.2 Å². The molecule has 186 valence electrons. The fourth-order valence-corrected chi connectivity index (χ4v) is 4.84. The first-order valence-electron chi connectivity index (χ1n) is 11.5. The summed E-state index contributed by atoms with van der Waals surface area (Å²) >= 11 is 0. The van der Waals surface area contributed by atoms with Crippen LogP contribution >= 0.6 is 0 Å². The van der Waals surface area contributed by atoms with Crippen LogP contribution in [0.5, 0.6) is 11.5 Å². The number of sulfonamides is 1. The Labute approximate surface area is 207 Å². The van der Waals surface area contributed by atoms with E-state index in [0.29, 0.717) is 23.8 Å². The number of benzene rings is 3. The summed E-state index contributed by atoms with van der Waals surface area (Å²) in [5.41, 5.74) is 2.25. The molecular weight excluding hydrogens is 464 g/mol.